The van der Waals surface area contributed by atoms with E-state index in [1.54, 1.807) is 11.1 Å². The van der Waals surface area contributed by atoms with E-state index in [0.717, 1.165) is 24.6 Å². The van der Waals surface area contributed by atoms with Crippen molar-refractivity contribution >= 4 is 23.3 Å². The fourth-order valence-corrected chi connectivity index (χ4v) is 3.38. The summed E-state index contributed by atoms with van der Waals surface area (Å²) in [6.45, 7) is 8.58. The van der Waals surface area contributed by atoms with Gasteiger partial charge in [-0.05, 0) is 35.7 Å². The van der Waals surface area contributed by atoms with E-state index in [1.165, 1.54) is 12.5 Å². The Morgan fingerprint density at radius 1 is 1.04 bits per heavy atom. The maximum Gasteiger partial charge on any atom is 0.242 e. The van der Waals surface area contributed by atoms with Crippen molar-refractivity contribution in [3.8, 4) is 0 Å². The number of carbonyl (C=O) groups excluding carboxylic acids is 2. The number of pyridine rings is 1. The molecule has 0 bridgehead atoms. The van der Waals surface area contributed by atoms with Crippen LogP contribution in [0, 0.1) is 0 Å². The summed E-state index contributed by atoms with van der Waals surface area (Å²) in [4.78, 5) is 34.9. The Hall–Kier alpha value is -2.89. The lowest BCUT2D eigenvalue weighted by molar-refractivity contribution is -0.131. The summed E-state index contributed by atoms with van der Waals surface area (Å²) in [6, 6.07) is 13.7. The third-order valence-electron chi connectivity index (χ3n) is 5.15. The molecule has 0 N–H and O–H groups in total. The van der Waals surface area contributed by atoms with Crippen LogP contribution in [0.4, 0.5) is 11.5 Å². The summed E-state index contributed by atoms with van der Waals surface area (Å²) >= 11 is 0. The molecule has 2 amide bonds. The van der Waals surface area contributed by atoms with Crippen molar-refractivity contribution < 1.29 is 9.59 Å². The van der Waals surface area contributed by atoms with Gasteiger partial charge in [0.1, 0.15) is 12.4 Å². The van der Waals surface area contributed by atoms with Crippen LogP contribution in [0.5, 0.6) is 0 Å². The highest BCUT2D eigenvalue weighted by Crippen LogP contribution is 2.21. The second-order valence-electron chi connectivity index (χ2n) is 7.41. The number of rotatable bonds is 5. The highest BCUT2D eigenvalue weighted by molar-refractivity contribution is 5.97. The predicted octanol–water partition coefficient (Wildman–Crippen LogP) is 2.91. The van der Waals surface area contributed by atoms with E-state index in [2.05, 4.69) is 23.7 Å². The molecule has 1 aromatic carbocycles. The first-order chi connectivity index (χ1) is 13.5. The van der Waals surface area contributed by atoms with E-state index in [1.807, 2.05) is 47.4 Å². The molecule has 6 heteroatoms. The molecule has 1 fully saturated rings. The molecule has 28 heavy (non-hydrogen) atoms. The highest BCUT2D eigenvalue weighted by Gasteiger charge is 2.24. The van der Waals surface area contributed by atoms with Gasteiger partial charge in [0.2, 0.25) is 11.8 Å². The minimum Gasteiger partial charge on any atom is -0.353 e. The molecule has 1 saturated heterocycles. The molecule has 2 aromatic rings. The van der Waals surface area contributed by atoms with E-state index in [9.17, 15) is 9.59 Å². The average molecular weight is 380 g/mol. The number of hydrogen-bond acceptors (Lipinski definition) is 4. The molecule has 3 rings (SSSR count). The van der Waals surface area contributed by atoms with Crippen molar-refractivity contribution in [2.45, 2.75) is 26.7 Å². The van der Waals surface area contributed by atoms with Crippen LogP contribution in [0.15, 0.2) is 48.7 Å². The lowest BCUT2D eigenvalue weighted by atomic mass is 10.0. The molecule has 6 nitrogen and oxygen atoms in total. The van der Waals surface area contributed by atoms with Gasteiger partial charge in [-0.2, -0.15) is 0 Å². The second-order valence-corrected chi connectivity index (χ2v) is 7.41. The number of carbonyl (C=O) groups is 2. The van der Waals surface area contributed by atoms with Gasteiger partial charge in [0.25, 0.3) is 0 Å². The Balaban J connectivity index is 1.61. The molecule has 0 saturated carbocycles. The number of anilines is 2. The summed E-state index contributed by atoms with van der Waals surface area (Å²) in [5, 5.41) is 0. The third kappa shape index (κ3) is 4.68. The van der Waals surface area contributed by atoms with Crippen LogP contribution in [0.3, 0.4) is 0 Å². The Morgan fingerprint density at radius 3 is 2.25 bits per heavy atom. The van der Waals surface area contributed by atoms with E-state index in [4.69, 9.17) is 0 Å². The molecular formula is C22H28N4O2. The first-order valence-corrected chi connectivity index (χ1v) is 9.77. The fraction of sp³-hybridized carbons (Fsp3) is 0.409. The van der Waals surface area contributed by atoms with Crippen molar-refractivity contribution in [1.82, 2.24) is 9.88 Å². The normalized spacial score (nSPS) is 14.3. The van der Waals surface area contributed by atoms with Crippen LogP contribution in [0.2, 0.25) is 0 Å². The monoisotopic (exact) mass is 380 g/mol. The zero-order chi connectivity index (χ0) is 20.1. The van der Waals surface area contributed by atoms with Crippen molar-refractivity contribution in [2.75, 3.05) is 42.5 Å². The maximum absolute atomic E-state index is 12.8. The van der Waals surface area contributed by atoms with Gasteiger partial charge in [-0.15, -0.1) is 0 Å². The van der Waals surface area contributed by atoms with E-state index in [-0.39, 0.29) is 18.4 Å². The van der Waals surface area contributed by atoms with Crippen molar-refractivity contribution in [3.05, 3.63) is 54.2 Å². The molecule has 0 radical (unpaired) electrons. The number of aromatic nitrogens is 1. The summed E-state index contributed by atoms with van der Waals surface area (Å²) in [5.41, 5.74) is 1.97. The van der Waals surface area contributed by atoms with Gasteiger partial charge in [0.15, 0.2) is 0 Å². The van der Waals surface area contributed by atoms with Gasteiger partial charge in [-0.3, -0.25) is 9.59 Å². The molecule has 2 heterocycles. The van der Waals surface area contributed by atoms with Crippen LogP contribution in [-0.2, 0) is 9.59 Å². The Labute approximate surface area is 166 Å². The summed E-state index contributed by atoms with van der Waals surface area (Å²) < 4.78 is 0. The first-order valence-electron chi connectivity index (χ1n) is 9.77. The van der Waals surface area contributed by atoms with E-state index >= 15 is 0 Å². The van der Waals surface area contributed by atoms with E-state index < -0.39 is 0 Å². The molecule has 148 valence electrons. The quantitative estimate of drug-likeness (QED) is 0.800. The number of amides is 2. The van der Waals surface area contributed by atoms with Crippen LogP contribution in [0.25, 0.3) is 0 Å². The standard InChI is InChI=1S/C22H28N4O2/c1-17(2)19-7-9-20(10-8-19)26(18(3)27)16-22(28)25-14-12-24(13-15-25)21-6-4-5-11-23-21/h4-11,17H,12-16H2,1-3H3. The molecular weight excluding hydrogens is 352 g/mol. The maximum atomic E-state index is 12.8. The van der Waals surface area contributed by atoms with Gasteiger partial charge < -0.3 is 14.7 Å². The number of piperazine rings is 1. The van der Waals surface area contributed by atoms with Gasteiger partial charge in [-0.25, -0.2) is 4.98 Å². The SMILES string of the molecule is CC(=O)N(CC(=O)N1CCN(c2ccccn2)CC1)c1ccc(C(C)C)cc1. The molecule has 1 aromatic heterocycles. The molecule has 1 aliphatic rings. The molecule has 0 unspecified atom stereocenters. The summed E-state index contributed by atoms with van der Waals surface area (Å²) in [6.07, 6.45) is 1.78. The Bertz CT molecular complexity index is 797. The highest BCUT2D eigenvalue weighted by atomic mass is 16.2. The lowest BCUT2D eigenvalue weighted by Crippen LogP contribution is -2.52. The number of hydrogen-bond donors (Lipinski definition) is 0. The average Bonchev–Trinajstić information content (AvgIpc) is 2.72. The molecule has 0 spiro atoms. The first kappa shape index (κ1) is 19.9. The Kier molecular flexibility index (Phi) is 6.29. The third-order valence-corrected chi connectivity index (χ3v) is 5.15. The second kappa shape index (κ2) is 8.87. The van der Waals surface area contributed by atoms with Crippen LogP contribution < -0.4 is 9.80 Å². The number of nitrogens with zero attached hydrogens (tertiary/aromatic N) is 4. The Morgan fingerprint density at radius 2 is 1.71 bits per heavy atom. The smallest absolute Gasteiger partial charge is 0.242 e. The van der Waals surface area contributed by atoms with Gasteiger partial charge in [0, 0.05) is 45.0 Å². The zero-order valence-electron chi connectivity index (χ0n) is 16.8. The fourth-order valence-electron chi connectivity index (χ4n) is 3.38. The van der Waals surface area contributed by atoms with Crippen molar-refractivity contribution in [1.29, 1.82) is 0 Å². The lowest BCUT2D eigenvalue weighted by Gasteiger charge is -2.36. The topological polar surface area (TPSA) is 56.8 Å². The minimum atomic E-state index is -0.127. The minimum absolute atomic E-state index is 0.0243. The molecule has 0 aliphatic carbocycles. The van der Waals surface area contributed by atoms with Gasteiger partial charge in [0.05, 0.1) is 0 Å². The van der Waals surface area contributed by atoms with E-state index in [0.29, 0.717) is 19.0 Å². The molecule has 1 aliphatic heterocycles. The summed E-state index contributed by atoms with van der Waals surface area (Å²) in [5.74, 6) is 1.21. The van der Waals surface area contributed by atoms with Crippen LogP contribution in [0.1, 0.15) is 32.3 Å². The predicted molar refractivity (Wildman–Crippen MR) is 112 cm³/mol. The summed E-state index contributed by atoms with van der Waals surface area (Å²) in [7, 11) is 0. The zero-order valence-corrected chi connectivity index (χ0v) is 16.8. The van der Waals surface area contributed by atoms with Crippen LogP contribution >= 0.6 is 0 Å². The largest absolute Gasteiger partial charge is 0.353 e. The van der Waals surface area contributed by atoms with Gasteiger partial charge >= 0.3 is 0 Å². The van der Waals surface area contributed by atoms with Crippen molar-refractivity contribution in [2.24, 2.45) is 0 Å². The van der Waals surface area contributed by atoms with Gasteiger partial charge in [-0.1, -0.05) is 32.0 Å². The number of benzene rings is 1. The molecule has 0 atom stereocenters. The van der Waals surface area contributed by atoms with Crippen molar-refractivity contribution in [3.63, 3.8) is 0 Å². The van der Waals surface area contributed by atoms with Crippen LogP contribution in [-0.4, -0.2) is 54.4 Å².